The number of nitrogens with zero attached hydrogens (tertiary/aromatic N) is 2. The van der Waals surface area contributed by atoms with E-state index in [1.54, 1.807) is 0 Å². The largest absolute Gasteiger partial charge is 0.456 e. The fraction of sp³-hybridized carbons (Fsp3) is 0. The highest BCUT2D eigenvalue weighted by Gasteiger charge is 2.44. The van der Waals surface area contributed by atoms with Crippen LogP contribution < -0.4 is 15.8 Å². The molecule has 0 spiro atoms. The molecule has 0 N–H and O–H groups in total. The van der Waals surface area contributed by atoms with E-state index in [0.717, 1.165) is 49.9 Å². The molecule has 0 atom stereocenters. The molecule has 0 amide bonds. The molecule has 7 aromatic carbocycles. The van der Waals surface area contributed by atoms with Gasteiger partial charge in [0, 0.05) is 66.0 Å². The van der Waals surface area contributed by atoms with Crippen molar-refractivity contribution in [2.45, 2.75) is 0 Å². The minimum absolute atomic E-state index is 0.0482. The molecular formula is C42H23BN2O2. The van der Waals surface area contributed by atoms with Crippen molar-refractivity contribution in [3.8, 4) is 11.1 Å². The zero-order valence-corrected chi connectivity index (χ0v) is 25.1. The highest BCUT2D eigenvalue weighted by atomic mass is 16.3. The molecule has 2 aliphatic rings. The van der Waals surface area contributed by atoms with Crippen LogP contribution in [0.1, 0.15) is 0 Å². The third-order valence-corrected chi connectivity index (χ3v) is 10.6. The van der Waals surface area contributed by atoms with Gasteiger partial charge in [0.1, 0.15) is 22.3 Å². The van der Waals surface area contributed by atoms with Crippen LogP contribution in [0.2, 0.25) is 0 Å². The molecule has 0 aliphatic carbocycles. The van der Waals surface area contributed by atoms with Crippen molar-refractivity contribution in [3.63, 3.8) is 0 Å². The number of aromatic nitrogens is 1. The molecule has 216 valence electrons. The smallest absolute Gasteiger partial charge is 0.333 e. The first-order chi connectivity index (χ1) is 23.3. The molecule has 0 saturated carbocycles. The molecule has 12 rings (SSSR count). The number of fused-ring (bicyclic) bond motifs is 14. The summed E-state index contributed by atoms with van der Waals surface area (Å²) in [6, 6.07) is 50.3. The monoisotopic (exact) mass is 598 g/mol. The Morgan fingerprint density at radius 2 is 1.11 bits per heavy atom. The van der Waals surface area contributed by atoms with Crippen molar-refractivity contribution in [2.75, 3.05) is 4.90 Å². The molecule has 0 bridgehead atoms. The van der Waals surface area contributed by atoms with Crippen molar-refractivity contribution in [1.82, 2.24) is 4.48 Å². The molecule has 10 aromatic rings. The Bertz CT molecular complexity index is 3000. The lowest BCUT2D eigenvalue weighted by atomic mass is 9.44. The van der Waals surface area contributed by atoms with E-state index in [9.17, 15) is 0 Å². The lowest BCUT2D eigenvalue weighted by Crippen LogP contribution is -2.56. The van der Waals surface area contributed by atoms with Crippen LogP contribution in [0.15, 0.2) is 148 Å². The molecular weight excluding hydrogens is 575 g/mol. The van der Waals surface area contributed by atoms with Crippen molar-refractivity contribution >= 4 is 101 Å². The van der Waals surface area contributed by atoms with Crippen LogP contribution in [-0.2, 0) is 0 Å². The summed E-state index contributed by atoms with van der Waals surface area (Å²) in [7, 11) is 0. The number of furan rings is 2. The summed E-state index contributed by atoms with van der Waals surface area (Å²) in [5, 5.41) is 7.13. The average Bonchev–Trinajstić information content (AvgIpc) is 3.80. The van der Waals surface area contributed by atoms with Crippen LogP contribution in [0.3, 0.4) is 0 Å². The highest BCUT2D eigenvalue weighted by Crippen LogP contribution is 2.47. The highest BCUT2D eigenvalue weighted by molar-refractivity contribution is 6.92. The summed E-state index contributed by atoms with van der Waals surface area (Å²) in [6.07, 6.45) is 0. The van der Waals surface area contributed by atoms with Crippen LogP contribution in [0.4, 0.5) is 17.1 Å². The van der Waals surface area contributed by atoms with Gasteiger partial charge in [0.05, 0.1) is 0 Å². The molecule has 0 saturated heterocycles. The standard InChI is InChI=1S/C42H23BN2O2/c1-4-15-32-25(9-1)28-13-7-14-29-27-12-8-16-33-40(27)43(45(32)42(28)29)41-34(20-22-38-39(41)30-11-3-6-18-36(30)47-38)44(33)24-19-21-37-31(23-24)26-10-2-5-17-35(26)46-37/h1-23H. The Morgan fingerprint density at radius 3 is 2.02 bits per heavy atom. The van der Waals surface area contributed by atoms with Gasteiger partial charge in [-0.05, 0) is 71.1 Å². The van der Waals surface area contributed by atoms with E-state index in [1.807, 2.05) is 12.1 Å². The summed E-state index contributed by atoms with van der Waals surface area (Å²) >= 11 is 0. The molecule has 5 heteroatoms. The number of hydrogen-bond acceptors (Lipinski definition) is 3. The van der Waals surface area contributed by atoms with Crippen molar-refractivity contribution < 1.29 is 8.83 Å². The fourth-order valence-corrected chi connectivity index (χ4v) is 8.78. The minimum Gasteiger partial charge on any atom is -0.456 e. The maximum Gasteiger partial charge on any atom is 0.333 e. The summed E-state index contributed by atoms with van der Waals surface area (Å²) in [4.78, 5) is 2.46. The van der Waals surface area contributed by atoms with Gasteiger partial charge in [-0.3, -0.25) is 0 Å². The number of para-hydroxylation sites is 4. The number of anilines is 3. The number of hydrogen-bond donors (Lipinski definition) is 0. The average molecular weight is 598 g/mol. The summed E-state index contributed by atoms with van der Waals surface area (Å²) in [6.45, 7) is -0.0482. The van der Waals surface area contributed by atoms with E-state index >= 15 is 0 Å². The minimum atomic E-state index is -0.0482. The van der Waals surface area contributed by atoms with Crippen molar-refractivity contribution in [1.29, 1.82) is 0 Å². The Hall–Kier alpha value is -6.20. The van der Waals surface area contributed by atoms with Crippen molar-refractivity contribution in [2.24, 2.45) is 0 Å². The van der Waals surface area contributed by atoms with Gasteiger partial charge in [0.2, 0.25) is 0 Å². The van der Waals surface area contributed by atoms with Gasteiger partial charge in [-0.1, -0.05) is 84.9 Å². The molecule has 0 unspecified atom stereocenters. The Morgan fingerprint density at radius 1 is 0.447 bits per heavy atom. The first-order valence-electron chi connectivity index (χ1n) is 16.1. The normalized spacial score (nSPS) is 13.4. The van der Waals surface area contributed by atoms with Gasteiger partial charge in [0.25, 0.3) is 0 Å². The number of rotatable bonds is 1. The topological polar surface area (TPSA) is 34.5 Å². The molecule has 2 aliphatic heterocycles. The maximum atomic E-state index is 6.56. The third-order valence-electron chi connectivity index (χ3n) is 10.6. The van der Waals surface area contributed by atoms with E-state index in [1.165, 1.54) is 54.9 Å². The fourth-order valence-electron chi connectivity index (χ4n) is 8.78. The van der Waals surface area contributed by atoms with E-state index in [-0.39, 0.29) is 6.85 Å². The van der Waals surface area contributed by atoms with E-state index in [4.69, 9.17) is 8.83 Å². The van der Waals surface area contributed by atoms with Crippen LogP contribution >= 0.6 is 0 Å². The molecule has 3 aromatic heterocycles. The molecule has 0 radical (unpaired) electrons. The van der Waals surface area contributed by atoms with E-state index in [0.29, 0.717) is 0 Å². The van der Waals surface area contributed by atoms with Gasteiger partial charge in [-0.2, -0.15) is 0 Å². The summed E-state index contributed by atoms with van der Waals surface area (Å²) in [5.41, 5.74) is 14.8. The summed E-state index contributed by atoms with van der Waals surface area (Å²) in [5.74, 6) is 0. The molecule has 47 heavy (non-hydrogen) atoms. The van der Waals surface area contributed by atoms with Crippen LogP contribution in [0.25, 0.3) is 76.8 Å². The van der Waals surface area contributed by atoms with Gasteiger partial charge in [-0.15, -0.1) is 0 Å². The van der Waals surface area contributed by atoms with Crippen LogP contribution in [-0.4, -0.2) is 11.3 Å². The zero-order chi connectivity index (χ0) is 30.4. The molecule has 0 fully saturated rings. The predicted octanol–water partition coefficient (Wildman–Crippen LogP) is 10.0. The molecule has 4 nitrogen and oxygen atoms in total. The van der Waals surface area contributed by atoms with Crippen molar-refractivity contribution in [3.05, 3.63) is 140 Å². The van der Waals surface area contributed by atoms with Crippen LogP contribution in [0.5, 0.6) is 0 Å². The lowest BCUT2D eigenvalue weighted by Gasteiger charge is -2.40. The Labute approximate surface area is 268 Å². The third kappa shape index (κ3) is 2.87. The van der Waals surface area contributed by atoms with Gasteiger partial charge in [-0.25, -0.2) is 0 Å². The maximum absolute atomic E-state index is 6.56. The Kier molecular flexibility index (Phi) is 4.27. The van der Waals surface area contributed by atoms with Gasteiger partial charge in [0.15, 0.2) is 0 Å². The van der Waals surface area contributed by atoms with Gasteiger partial charge >= 0.3 is 6.85 Å². The van der Waals surface area contributed by atoms with E-state index < -0.39 is 0 Å². The number of benzene rings is 7. The van der Waals surface area contributed by atoms with E-state index in [2.05, 4.69) is 137 Å². The zero-order valence-electron chi connectivity index (χ0n) is 25.1. The molecule has 5 heterocycles. The second-order valence-electron chi connectivity index (χ2n) is 12.8. The first-order valence-corrected chi connectivity index (χ1v) is 16.1. The van der Waals surface area contributed by atoms with Gasteiger partial charge < -0.3 is 18.2 Å². The Balaban J connectivity index is 1.28. The summed E-state index contributed by atoms with van der Waals surface area (Å²) < 4.78 is 15.4. The lowest BCUT2D eigenvalue weighted by molar-refractivity contribution is 0.668. The SMILES string of the molecule is c1cc2c3c(c1)N(c1ccc4oc5ccccc5c4c1)c1ccc4oc5ccccc5c4c1B3n1c3ccccc3c3cccc-2c31. The second-order valence-corrected chi connectivity index (χ2v) is 12.8. The van der Waals surface area contributed by atoms with Crippen LogP contribution in [0, 0.1) is 0 Å². The first kappa shape index (κ1) is 24.1. The quantitative estimate of drug-likeness (QED) is 0.176. The predicted molar refractivity (Wildman–Crippen MR) is 195 cm³/mol. The second kappa shape index (κ2) is 8.33.